The Hall–Kier alpha value is -0.533. The van der Waals surface area contributed by atoms with Crippen LogP contribution in [0.1, 0.15) is 25.0 Å². The molecule has 1 aliphatic rings. The molecule has 0 aliphatic heterocycles. The molecular formula is C13H17ClSi. The Morgan fingerprint density at radius 2 is 1.87 bits per heavy atom. The molecule has 1 aromatic rings. The molecule has 0 saturated carbocycles. The van der Waals surface area contributed by atoms with Gasteiger partial charge in [-0.15, -0.1) is 0 Å². The lowest BCUT2D eigenvalue weighted by Gasteiger charge is -2.18. The first-order valence-corrected chi connectivity index (χ1v) is 9.40. The number of benzene rings is 1. The van der Waals surface area contributed by atoms with E-state index < -0.39 is 7.38 Å². The predicted molar refractivity (Wildman–Crippen MR) is 71.4 cm³/mol. The van der Waals surface area contributed by atoms with Crippen molar-refractivity contribution in [3.8, 4) is 0 Å². The minimum atomic E-state index is -1.70. The molecule has 1 aliphatic carbocycles. The summed E-state index contributed by atoms with van der Waals surface area (Å²) >= 11 is 6.56. The summed E-state index contributed by atoms with van der Waals surface area (Å²) in [6, 6.07) is 6.58. The number of rotatable bonds is 1. The maximum Gasteiger partial charge on any atom is 0.181 e. The van der Waals surface area contributed by atoms with Gasteiger partial charge in [0.1, 0.15) is 0 Å². The second-order valence-electron chi connectivity index (χ2n) is 4.89. The summed E-state index contributed by atoms with van der Waals surface area (Å²) < 4.78 is 0. The normalized spacial score (nSPS) is 15.8. The highest BCUT2D eigenvalue weighted by Gasteiger charge is 2.27. The molecule has 2 rings (SSSR count). The van der Waals surface area contributed by atoms with Crippen molar-refractivity contribution in [1.82, 2.24) is 0 Å². The standard InChI is InChI=1S/C13H17ClSi/c1-9-8-12-11(10(9)2)6-5-7-13(12)15(3,4)14/h5-7H,8H2,1-4H3. The van der Waals surface area contributed by atoms with E-state index in [1.807, 2.05) is 0 Å². The van der Waals surface area contributed by atoms with Gasteiger partial charge in [0.25, 0.3) is 0 Å². The van der Waals surface area contributed by atoms with Crippen LogP contribution in [0.4, 0.5) is 0 Å². The van der Waals surface area contributed by atoms with Crippen LogP contribution in [0, 0.1) is 0 Å². The van der Waals surface area contributed by atoms with Crippen LogP contribution in [-0.2, 0) is 6.42 Å². The SMILES string of the molecule is CC1=C(C)c2cccc([Si](C)(C)Cl)c2C1. The lowest BCUT2D eigenvalue weighted by Crippen LogP contribution is -2.37. The molecule has 15 heavy (non-hydrogen) atoms. The fraction of sp³-hybridized carbons (Fsp3) is 0.385. The number of allylic oxidation sites excluding steroid dienone is 2. The molecule has 0 spiro atoms. The Kier molecular flexibility index (Phi) is 2.56. The second-order valence-corrected chi connectivity index (χ2v) is 11.2. The fourth-order valence-corrected chi connectivity index (χ4v) is 4.28. The lowest BCUT2D eigenvalue weighted by molar-refractivity contribution is 1.20. The van der Waals surface area contributed by atoms with Crippen LogP contribution in [0.2, 0.25) is 13.1 Å². The summed E-state index contributed by atoms with van der Waals surface area (Å²) in [5, 5.41) is 1.41. The zero-order chi connectivity index (χ0) is 11.2. The number of hydrogen-bond donors (Lipinski definition) is 0. The Morgan fingerprint density at radius 1 is 1.20 bits per heavy atom. The van der Waals surface area contributed by atoms with Crippen molar-refractivity contribution in [3.63, 3.8) is 0 Å². The molecule has 0 N–H and O–H groups in total. The first-order chi connectivity index (χ1) is 6.91. The van der Waals surface area contributed by atoms with Gasteiger partial charge < -0.3 is 0 Å². The molecule has 0 heterocycles. The first kappa shape index (κ1) is 11.0. The fourth-order valence-electron chi connectivity index (χ4n) is 2.31. The van der Waals surface area contributed by atoms with E-state index in [0.717, 1.165) is 6.42 Å². The van der Waals surface area contributed by atoms with Crippen LogP contribution in [-0.4, -0.2) is 7.38 Å². The molecular weight excluding hydrogens is 220 g/mol. The maximum absolute atomic E-state index is 6.56. The number of halogens is 1. The molecule has 0 amide bonds. The first-order valence-electron chi connectivity index (χ1n) is 5.39. The molecule has 2 heteroatoms. The van der Waals surface area contributed by atoms with Gasteiger partial charge in [0.05, 0.1) is 0 Å². The molecule has 0 saturated heterocycles. The van der Waals surface area contributed by atoms with Crippen LogP contribution in [0.5, 0.6) is 0 Å². The van der Waals surface area contributed by atoms with Crippen molar-refractivity contribution in [2.45, 2.75) is 33.4 Å². The molecule has 0 atom stereocenters. The zero-order valence-electron chi connectivity index (χ0n) is 9.82. The van der Waals surface area contributed by atoms with E-state index in [2.05, 4.69) is 45.1 Å². The Bertz CT molecular complexity index is 438. The summed E-state index contributed by atoms with van der Waals surface area (Å²) in [5.74, 6) is 0. The van der Waals surface area contributed by atoms with Crippen molar-refractivity contribution < 1.29 is 0 Å². The molecule has 0 radical (unpaired) electrons. The number of fused-ring (bicyclic) bond motifs is 1. The van der Waals surface area contributed by atoms with E-state index in [1.165, 1.54) is 27.5 Å². The van der Waals surface area contributed by atoms with E-state index in [9.17, 15) is 0 Å². The van der Waals surface area contributed by atoms with Crippen LogP contribution in [0.15, 0.2) is 23.8 Å². The molecule has 0 unspecified atom stereocenters. The van der Waals surface area contributed by atoms with Gasteiger partial charge in [0.2, 0.25) is 0 Å². The summed E-state index contributed by atoms with van der Waals surface area (Å²) in [4.78, 5) is 0. The predicted octanol–water partition coefficient (Wildman–Crippen LogP) is 3.69. The second kappa shape index (κ2) is 3.50. The summed E-state index contributed by atoms with van der Waals surface area (Å²) in [6.07, 6.45) is 1.10. The maximum atomic E-state index is 6.56. The highest BCUT2D eigenvalue weighted by molar-refractivity contribution is 7.26. The van der Waals surface area contributed by atoms with Crippen molar-refractivity contribution in [3.05, 3.63) is 34.9 Å². The van der Waals surface area contributed by atoms with Gasteiger partial charge in [0.15, 0.2) is 7.38 Å². The van der Waals surface area contributed by atoms with E-state index in [-0.39, 0.29) is 0 Å². The topological polar surface area (TPSA) is 0 Å². The minimum Gasteiger partial charge on any atom is -0.162 e. The van der Waals surface area contributed by atoms with Crippen LogP contribution in [0.25, 0.3) is 5.57 Å². The van der Waals surface area contributed by atoms with Gasteiger partial charge >= 0.3 is 0 Å². The molecule has 0 bridgehead atoms. The monoisotopic (exact) mass is 236 g/mol. The Labute approximate surface area is 97.7 Å². The lowest BCUT2D eigenvalue weighted by atomic mass is 10.1. The van der Waals surface area contributed by atoms with Crippen LogP contribution >= 0.6 is 11.1 Å². The van der Waals surface area contributed by atoms with Crippen LogP contribution in [0.3, 0.4) is 0 Å². The summed E-state index contributed by atoms with van der Waals surface area (Å²) in [7, 11) is -1.70. The Balaban J connectivity index is 2.60. The third-order valence-corrected chi connectivity index (χ3v) is 5.66. The van der Waals surface area contributed by atoms with Crippen molar-refractivity contribution >= 4 is 29.2 Å². The van der Waals surface area contributed by atoms with Crippen molar-refractivity contribution in [1.29, 1.82) is 0 Å². The Morgan fingerprint density at radius 3 is 2.47 bits per heavy atom. The largest absolute Gasteiger partial charge is 0.181 e. The van der Waals surface area contributed by atoms with Gasteiger partial charge in [-0.05, 0) is 42.2 Å². The van der Waals surface area contributed by atoms with Crippen LogP contribution < -0.4 is 5.19 Å². The number of hydrogen-bond acceptors (Lipinski definition) is 0. The van der Waals surface area contributed by atoms with Gasteiger partial charge in [0, 0.05) is 0 Å². The van der Waals surface area contributed by atoms with Crippen molar-refractivity contribution in [2.24, 2.45) is 0 Å². The van der Waals surface area contributed by atoms with Crippen molar-refractivity contribution in [2.75, 3.05) is 0 Å². The smallest absolute Gasteiger partial charge is 0.162 e. The van der Waals surface area contributed by atoms with Gasteiger partial charge in [-0.2, -0.15) is 11.1 Å². The highest BCUT2D eigenvalue weighted by atomic mass is 35.6. The molecule has 0 aromatic heterocycles. The van der Waals surface area contributed by atoms with E-state index in [1.54, 1.807) is 0 Å². The van der Waals surface area contributed by atoms with Gasteiger partial charge in [-0.3, -0.25) is 0 Å². The zero-order valence-corrected chi connectivity index (χ0v) is 11.6. The van der Waals surface area contributed by atoms with Gasteiger partial charge in [-0.1, -0.05) is 36.9 Å². The van der Waals surface area contributed by atoms with E-state index >= 15 is 0 Å². The van der Waals surface area contributed by atoms with E-state index in [4.69, 9.17) is 11.1 Å². The highest BCUT2D eigenvalue weighted by Crippen LogP contribution is 2.32. The molecule has 80 valence electrons. The quantitative estimate of drug-likeness (QED) is 0.516. The third-order valence-electron chi connectivity index (χ3n) is 3.30. The average Bonchev–Trinajstić information content (AvgIpc) is 2.41. The average molecular weight is 237 g/mol. The van der Waals surface area contributed by atoms with Gasteiger partial charge in [-0.25, -0.2) is 0 Å². The van der Waals surface area contributed by atoms with E-state index in [0.29, 0.717) is 0 Å². The summed E-state index contributed by atoms with van der Waals surface area (Å²) in [6.45, 7) is 8.84. The molecule has 1 aromatic carbocycles. The minimum absolute atomic E-state index is 1.10. The molecule has 0 nitrogen and oxygen atoms in total. The molecule has 0 fully saturated rings. The summed E-state index contributed by atoms with van der Waals surface area (Å²) in [5.41, 5.74) is 5.85. The third kappa shape index (κ3) is 1.79.